The van der Waals surface area contributed by atoms with Gasteiger partial charge in [0.05, 0.1) is 18.0 Å². The van der Waals surface area contributed by atoms with Crippen LogP contribution in [0.1, 0.15) is 33.9 Å². The molecule has 1 atom stereocenters. The number of hydrogen-bond acceptors (Lipinski definition) is 4. The molecule has 0 radical (unpaired) electrons. The second-order valence-electron chi connectivity index (χ2n) is 5.89. The number of benzene rings is 2. The zero-order chi connectivity index (χ0) is 18.0. The second kappa shape index (κ2) is 6.95. The molecule has 0 unspecified atom stereocenters. The molecule has 0 saturated heterocycles. The molecule has 2 aromatic rings. The van der Waals surface area contributed by atoms with Crippen molar-refractivity contribution < 1.29 is 18.0 Å². The molecule has 132 valence electrons. The highest BCUT2D eigenvalue weighted by molar-refractivity contribution is 7.89. The van der Waals surface area contributed by atoms with Gasteiger partial charge in [0.2, 0.25) is 0 Å². The van der Waals surface area contributed by atoms with Crippen molar-refractivity contribution in [2.45, 2.75) is 23.8 Å². The van der Waals surface area contributed by atoms with Crippen molar-refractivity contribution in [1.29, 1.82) is 0 Å². The van der Waals surface area contributed by atoms with Crippen molar-refractivity contribution in [3.63, 3.8) is 0 Å². The Labute approximate surface area is 147 Å². The summed E-state index contributed by atoms with van der Waals surface area (Å²) in [6.07, 6.45) is 1.82. The van der Waals surface area contributed by atoms with Gasteiger partial charge in [-0.2, -0.15) is 0 Å². The average molecular weight is 360 g/mol. The molecule has 1 N–H and O–H groups in total. The van der Waals surface area contributed by atoms with Gasteiger partial charge in [-0.1, -0.05) is 28.7 Å². The molecule has 3 rings (SSSR count). The normalized spacial score (nSPS) is 16.7. The minimum absolute atomic E-state index is 0.00765. The summed E-state index contributed by atoms with van der Waals surface area (Å²) < 4.78 is 25.1. The predicted molar refractivity (Wildman–Crippen MR) is 93.4 cm³/mol. The number of nitrogens with zero attached hydrogens (tertiary/aromatic N) is 1. The molecule has 1 amide bonds. The quantitative estimate of drug-likeness (QED) is 0.830. The van der Waals surface area contributed by atoms with Gasteiger partial charge in [0.15, 0.2) is 0 Å². The predicted octanol–water partition coefficient (Wildman–Crippen LogP) is 2.29. The van der Waals surface area contributed by atoms with Gasteiger partial charge in [-0.15, -0.1) is 0 Å². The molecule has 1 aliphatic rings. The standard InChI is InChI=1S/C18H20N2O4S/c1-20(24-2)25(22,23)15-10-7-14(8-11-15)18(21)19-17-12-9-13-5-3-4-6-16(13)17/h3-8,10-11,17H,9,12H2,1-2H3,(H,19,21)/t17-/m0/s1. The van der Waals surface area contributed by atoms with Gasteiger partial charge in [0.1, 0.15) is 0 Å². The molecule has 0 saturated carbocycles. The molecular formula is C18H20N2O4S. The van der Waals surface area contributed by atoms with Gasteiger partial charge in [0, 0.05) is 12.6 Å². The summed E-state index contributed by atoms with van der Waals surface area (Å²) >= 11 is 0. The minimum Gasteiger partial charge on any atom is -0.345 e. The fourth-order valence-electron chi connectivity index (χ4n) is 2.97. The zero-order valence-corrected chi connectivity index (χ0v) is 14.9. The van der Waals surface area contributed by atoms with E-state index in [0.717, 1.165) is 22.9 Å². The first-order valence-electron chi connectivity index (χ1n) is 7.95. The van der Waals surface area contributed by atoms with E-state index < -0.39 is 10.0 Å². The molecule has 1 aliphatic carbocycles. The Balaban J connectivity index is 1.74. The van der Waals surface area contributed by atoms with E-state index in [1.807, 2.05) is 18.2 Å². The number of aryl methyl sites for hydroxylation is 1. The van der Waals surface area contributed by atoms with Crippen LogP contribution in [0.4, 0.5) is 0 Å². The third kappa shape index (κ3) is 3.44. The molecule has 2 aromatic carbocycles. The van der Waals surface area contributed by atoms with Gasteiger partial charge in [0.25, 0.3) is 15.9 Å². The van der Waals surface area contributed by atoms with Crippen LogP contribution >= 0.6 is 0 Å². The first-order chi connectivity index (χ1) is 11.9. The molecule has 0 spiro atoms. The smallest absolute Gasteiger partial charge is 0.264 e. The van der Waals surface area contributed by atoms with Gasteiger partial charge in [-0.3, -0.25) is 9.63 Å². The Morgan fingerprint density at radius 3 is 2.52 bits per heavy atom. The SMILES string of the molecule is CON(C)S(=O)(=O)c1ccc(C(=O)N[C@H]2CCc3ccccc32)cc1. The fourth-order valence-corrected chi connectivity index (χ4v) is 3.95. The van der Waals surface area contributed by atoms with E-state index >= 15 is 0 Å². The molecule has 0 heterocycles. The number of fused-ring (bicyclic) bond motifs is 1. The van der Waals surface area contributed by atoms with Crippen LogP contribution in [0.5, 0.6) is 0 Å². The minimum atomic E-state index is -3.71. The molecule has 0 aromatic heterocycles. The average Bonchev–Trinajstić information content (AvgIpc) is 3.04. The monoisotopic (exact) mass is 360 g/mol. The Kier molecular flexibility index (Phi) is 4.89. The van der Waals surface area contributed by atoms with Crippen LogP contribution in [0.3, 0.4) is 0 Å². The molecule has 6 nitrogen and oxygen atoms in total. The summed E-state index contributed by atoms with van der Waals surface area (Å²) in [5, 5.41) is 3.02. The van der Waals surface area contributed by atoms with Crippen LogP contribution in [0.15, 0.2) is 53.4 Å². The lowest BCUT2D eigenvalue weighted by molar-refractivity contribution is -0.0258. The Morgan fingerprint density at radius 1 is 1.16 bits per heavy atom. The summed E-state index contributed by atoms with van der Waals surface area (Å²) in [4.78, 5) is 17.3. The number of amides is 1. The van der Waals surface area contributed by atoms with Crippen LogP contribution in [-0.2, 0) is 21.3 Å². The highest BCUT2D eigenvalue weighted by Gasteiger charge is 2.24. The summed E-state index contributed by atoms with van der Waals surface area (Å²) in [6, 6.07) is 13.9. The number of hydroxylamine groups is 1. The van der Waals surface area contributed by atoms with Gasteiger partial charge in [-0.05, 0) is 48.2 Å². The van der Waals surface area contributed by atoms with Gasteiger partial charge in [-0.25, -0.2) is 8.42 Å². The number of carbonyl (C=O) groups is 1. The van der Waals surface area contributed by atoms with Crippen molar-refractivity contribution in [2.24, 2.45) is 0 Å². The largest absolute Gasteiger partial charge is 0.345 e. The highest BCUT2D eigenvalue weighted by atomic mass is 32.2. The maximum absolute atomic E-state index is 12.5. The number of hydrogen-bond donors (Lipinski definition) is 1. The molecule has 25 heavy (non-hydrogen) atoms. The summed E-state index contributed by atoms with van der Waals surface area (Å²) in [5.41, 5.74) is 2.83. The van der Waals surface area contributed by atoms with E-state index in [-0.39, 0.29) is 16.8 Å². The maximum Gasteiger partial charge on any atom is 0.264 e. The molecule has 0 bridgehead atoms. The van der Waals surface area contributed by atoms with Crippen molar-refractivity contribution in [2.75, 3.05) is 14.2 Å². The lowest BCUT2D eigenvalue weighted by atomic mass is 10.1. The summed E-state index contributed by atoms with van der Waals surface area (Å²) in [7, 11) is -1.12. The number of sulfonamides is 1. The van der Waals surface area contributed by atoms with Crippen LogP contribution in [0.25, 0.3) is 0 Å². The first kappa shape index (κ1) is 17.6. The fraction of sp³-hybridized carbons (Fsp3) is 0.278. The lowest BCUT2D eigenvalue weighted by Gasteiger charge is -2.16. The number of nitrogens with one attached hydrogen (secondary N) is 1. The van der Waals surface area contributed by atoms with E-state index in [9.17, 15) is 13.2 Å². The molecule has 0 aliphatic heterocycles. The number of rotatable bonds is 5. The lowest BCUT2D eigenvalue weighted by Crippen LogP contribution is -2.28. The van der Waals surface area contributed by atoms with Gasteiger partial charge < -0.3 is 5.32 Å². The topological polar surface area (TPSA) is 75.7 Å². The Hall–Kier alpha value is -2.22. The van der Waals surface area contributed by atoms with Crippen LogP contribution in [0.2, 0.25) is 0 Å². The van der Waals surface area contributed by atoms with E-state index in [1.165, 1.54) is 44.0 Å². The molecule has 0 fully saturated rings. The van der Waals surface area contributed by atoms with E-state index in [4.69, 9.17) is 4.84 Å². The Morgan fingerprint density at radius 2 is 1.84 bits per heavy atom. The zero-order valence-electron chi connectivity index (χ0n) is 14.1. The second-order valence-corrected chi connectivity index (χ2v) is 7.82. The van der Waals surface area contributed by atoms with E-state index in [1.54, 1.807) is 0 Å². The number of carbonyl (C=O) groups excluding carboxylic acids is 1. The molecular weight excluding hydrogens is 340 g/mol. The highest BCUT2D eigenvalue weighted by Crippen LogP contribution is 2.30. The third-order valence-corrected chi connectivity index (χ3v) is 6.14. The van der Waals surface area contributed by atoms with Crippen molar-refractivity contribution >= 4 is 15.9 Å². The third-order valence-electron chi connectivity index (χ3n) is 4.45. The van der Waals surface area contributed by atoms with Crippen molar-refractivity contribution in [3.8, 4) is 0 Å². The van der Waals surface area contributed by atoms with Crippen molar-refractivity contribution in [3.05, 3.63) is 65.2 Å². The first-order valence-corrected chi connectivity index (χ1v) is 9.39. The molecule has 7 heteroatoms. The van der Waals surface area contributed by atoms with E-state index in [0.29, 0.717) is 5.56 Å². The van der Waals surface area contributed by atoms with E-state index in [2.05, 4.69) is 11.4 Å². The Bertz CT molecular complexity index is 878. The van der Waals surface area contributed by atoms with Crippen molar-refractivity contribution in [1.82, 2.24) is 9.79 Å². The van der Waals surface area contributed by atoms with Gasteiger partial charge >= 0.3 is 0 Å². The van der Waals surface area contributed by atoms with Crippen LogP contribution in [0, 0.1) is 0 Å². The summed E-state index contributed by atoms with van der Waals surface area (Å²) in [5.74, 6) is -0.217. The maximum atomic E-state index is 12.5. The van der Waals surface area contributed by atoms with Crippen LogP contribution < -0.4 is 5.32 Å². The summed E-state index contributed by atoms with van der Waals surface area (Å²) in [6.45, 7) is 0. The van der Waals surface area contributed by atoms with Crippen LogP contribution in [-0.4, -0.2) is 33.0 Å².